The Morgan fingerprint density at radius 2 is 0.763 bits per heavy atom. The molecule has 0 saturated heterocycles. The van der Waals surface area contributed by atoms with Crippen LogP contribution in [-0.2, 0) is 25.2 Å². The zero-order chi connectivity index (χ0) is 45.9. The Labute approximate surface area is 340 Å². The molecule has 59 heavy (non-hydrogen) atoms. The Morgan fingerprint density at radius 3 is 1.07 bits per heavy atom. The fraction of sp³-hybridized carbons (Fsp3) is 0.467. The summed E-state index contributed by atoms with van der Waals surface area (Å²) < 4.78 is 162. The van der Waals surface area contributed by atoms with Gasteiger partial charge in [0.25, 0.3) is 0 Å². The zero-order valence-electron chi connectivity index (χ0n) is 34.9. The van der Waals surface area contributed by atoms with Gasteiger partial charge in [-0.25, -0.2) is 0 Å². The fourth-order valence-corrected chi connectivity index (χ4v) is 5.04. The van der Waals surface area contributed by atoms with E-state index in [1.54, 1.807) is 62.4 Å². The molecule has 0 saturated carbocycles. The van der Waals surface area contributed by atoms with Crippen LogP contribution < -0.4 is 4.74 Å². The molecule has 0 aliphatic rings. The Balaban J connectivity index is 0.000000754. The topological polar surface area (TPSA) is 9.23 Å². The first-order valence-electron chi connectivity index (χ1n) is 18.7. The molecule has 4 rings (SSSR count). The number of benzene rings is 4. The lowest BCUT2D eigenvalue weighted by Gasteiger charge is -2.17. The minimum absolute atomic E-state index is 0.227. The third-order valence-electron chi connectivity index (χ3n) is 8.26. The highest BCUT2D eigenvalue weighted by Gasteiger charge is 2.43. The van der Waals surface area contributed by atoms with Crippen molar-refractivity contribution in [3.05, 3.63) is 136 Å². The van der Waals surface area contributed by atoms with Crippen molar-refractivity contribution in [1.82, 2.24) is 0 Å². The van der Waals surface area contributed by atoms with Gasteiger partial charge in [0.2, 0.25) is 0 Å². The lowest BCUT2D eigenvalue weighted by Crippen LogP contribution is -2.17. The molecule has 0 amide bonds. The number of hydrogen-bond acceptors (Lipinski definition) is 1. The van der Waals surface area contributed by atoms with Gasteiger partial charge >= 0.3 is 24.7 Å². The van der Waals surface area contributed by atoms with E-state index in [0.29, 0.717) is 48.2 Å². The fourth-order valence-electron chi connectivity index (χ4n) is 5.04. The van der Waals surface area contributed by atoms with E-state index in [4.69, 9.17) is 4.74 Å². The molecule has 4 aromatic carbocycles. The molecule has 0 radical (unpaired) electrons. The molecule has 332 valence electrons. The standard InChI is InChI=1S/C11H10F6.2C11H13F3.C11H16O.CH3F/c1-6(2)7-3-4-8(10(12,13)14)9(5-7)11(15,16)17;2*1-8(2)10-5-3-9(4-6-10)7-11(12,13)14;1-4-12-11-7-5-6-10(8-11)9(2)3;1-2/h3-6H,1-2H3;2*3-6,8H,7H2,1-2H3;5-9H,4H2,1-3H3;1H3. The molecule has 0 bridgehead atoms. The van der Waals surface area contributed by atoms with E-state index in [1.165, 1.54) is 5.56 Å². The highest BCUT2D eigenvalue weighted by atomic mass is 19.4. The quantitative estimate of drug-likeness (QED) is 0.160. The molecule has 0 atom stereocenters. The number of rotatable bonds is 8. The van der Waals surface area contributed by atoms with Gasteiger partial charge in [0.15, 0.2) is 0 Å². The van der Waals surface area contributed by atoms with Crippen LogP contribution in [0.2, 0.25) is 0 Å². The molecule has 0 N–H and O–H groups in total. The number of ether oxygens (including phenoxy) is 1. The van der Waals surface area contributed by atoms with Gasteiger partial charge in [-0.05, 0) is 88.2 Å². The lowest BCUT2D eigenvalue weighted by atomic mass is 9.97. The average Bonchev–Trinajstić information content (AvgIpc) is 3.12. The van der Waals surface area contributed by atoms with Gasteiger partial charge in [-0.3, -0.25) is 4.39 Å². The monoisotopic (exact) mass is 858 g/mol. The van der Waals surface area contributed by atoms with Crippen LogP contribution in [0.1, 0.15) is 130 Å². The molecule has 0 fully saturated rings. The van der Waals surface area contributed by atoms with Gasteiger partial charge in [0.05, 0.1) is 37.8 Å². The molecular formula is C45H55F13O. The van der Waals surface area contributed by atoms with Crippen molar-refractivity contribution >= 4 is 0 Å². The van der Waals surface area contributed by atoms with Crippen LogP contribution in [0.25, 0.3) is 0 Å². The normalized spacial score (nSPS) is 11.8. The second-order valence-electron chi connectivity index (χ2n) is 14.5. The molecule has 0 aliphatic heterocycles. The van der Waals surface area contributed by atoms with E-state index < -0.39 is 48.7 Å². The minimum atomic E-state index is -5.00. The summed E-state index contributed by atoms with van der Waals surface area (Å²) in [6.45, 7) is 18.4. The average molecular weight is 859 g/mol. The molecule has 0 heterocycles. The van der Waals surface area contributed by atoms with Crippen molar-refractivity contribution < 1.29 is 61.8 Å². The SMILES string of the molecule is CC(C)c1ccc(C(F)(F)F)c(C(F)(F)F)c1.CC(C)c1ccc(CC(F)(F)F)cc1.CC(C)c1ccc(CC(F)(F)F)cc1.CCOc1cccc(C(C)C)c1.CF. The highest BCUT2D eigenvalue weighted by molar-refractivity contribution is 5.37. The summed E-state index contributed by atoms with van der Waals surface area (Å²) in [4.78, 5) is 0. The summed E-state index contributed by atoms with van der Waals surface area (Å²) in [6, 6.07) is 23.6. The minimum Gasteiger partial charge on any atom is -0.494 e. The van der Waals surface area contributed by atoms with E-state index >= 15 is 0 Å². The van der Waals surface area contributed by atoms with Gasteiger partial charge < -0.3 is 4.74 Å². The van der Waals surface area contributed by atoms with Crippen LogP contribution in [0.15, 0.2) is 91.0 Å². The van der Waals surface area contributed by atoms with Crippen molar-refractivity contribution in [3.63, 3.8) is 0 Å². The van der Waals surface area contributed by atoms with Gasteiger partial charge in [-0.1, -0.05) is 122 Å². The van der Waals surface area contributed by atoms with Gasteiger partial charge in [0.1, 0.15) is 5.75 Å². The number of hydrogen-bond donors (Lipinski definition) is 0. The summed E-state index contributed by atoms with van der Waals surface area (Å²) in [7, 11) is 0.500. The van der Waals surface area contributed by atoms with Crippen molar-refractivity contribution in [2.24, 2.45) is 0 Å². The molecule has 0 aromatic heterocycles. The second-order valence-corrected chi connectivity index (χ2v) is 14.5. The van der Waals surface area contributed by atoms with Crippen LogP contribution >= 0.6 is 0 Å². The third-order valence-corrected chi connectivity index (χ3v) is 8.26. The first-order chi connectivity index (χ1) is 27.0. The third kappa shape index (κ3) is 22.6. The van der Waals surface area contributed by atoms with Crippen LogP contribution in [0, 0.1) is 0 Å². The molecular weight excluding hydrogens is 803 g/mol. The van der Waals surface area contributed by atoms with Gasteiger partial charge in [-0.15, -0.1) is 0 Å². The largest absolute Gasteiger partial charge is 0.494 e. The maximum Gasteiger partial charge on any atom is 0.417 e. The Bertz CT molecular complexity index is 1670. The molecule has 0 aliphatic carbocycles. The van der Waals surface area contributed by atoms with Gasteiger partial charge in [-0.2, -0.15) is 52.7 Å². The Kier molecular flexibility index (Phi) is 23.0. The molecule has 1 nitrogen and oxygen atoms in total. The van der Waals surface area contributed by atoms with Crippen LogP contribution in [-0.4, -0.2) is 26.1 Å². The number of alkyl halides is 13. The van der Waals surface area contributed by atoms with E-state index in [0.717, 1.165) is 29.5 Å². The summed E-state index contributed by atoms with van der Waals surface area (Å²) in [5, 5.41) is 0. The Morgan fingerprint density at radius 1 is 0.424 bits per heavy atom. The smallest absolute Gasteiger partial charge is 0.417 e. The van der Waals surface area contributed by atoms with Crippen molar-refractivity contribution in [1.29, 1.82) is 0 Å². The van der Waals surface area contributed by atoms with Crippen LogP contribution in [0.5, 0.6) is 5.75 Å². The predicted octanol–water partition coefficient (Wildman–Crippen LogP) is 16.5. The van der Waals surface area contributed by atoms with Gasteiger partial charge in [0, 0.05) is 0 Å². The summed E-state index contributed by atoms with van der Waals surface area (Å²) in [6.07, 6.45) is -19.9. The lowest BCUT2D eigenvalue weighted by molar-refractivity contribution is -0.162. The van der Waals surface area contributed by atoms with Crippen molar-refractivity contribution in [2.45, 2.75) is 124 Å². The first-order valence-corrected chi connectivity index (χ1v) is 18.7. The second kappa shape index (κ2) is 24.8. The number of halogens is 13. The Hall–Kier alpha value is -4.23. The molecule has 0 spiro atoms. The summed E-state index contributed by atoms with van der Waals surface area (Å²) in [5.41, 5.74) is 1.06. The molecule has 0 unspecified atom stereocenters. The maximum absolute atomic E-state index is 12.5. The van der Waals surface area contributed by atoms with E-state index in [2.05, 4.69) is 26.0 Å². The summed E-state index contributed by atoms with van der Waals surface area (Å²) in [5.74, 6) is 2.00. The molecule has 4 aromatic rings. The predicted molar refractivity (Wildman–Crippen MR) is 210 cm³/mol. The zero-order valence-corrected chi connectivity index (χ0v) is 34.9. The van der Waals surface area contributed by atoms with Crippen molar-refractivity contribution in [3.8, 4) is 5.75 Å². The molecule has 14 heteroatoms. The first kappa shape index (κ1) is 54.8. The van der Waals surface area contributed by atoms with E-state index in [-0.39, 0.29) is 11.5 Å². The van der Waals surface area contributed by atoms with Crippen molar-refractivity contribution in [2.75, 3.05) is 13.8 Å². The highest BCUT2D eigenvalue weighted by Crippen LogP contribution is 2.41. The maximum atomic E-state index is 12.5. The van der Waals surface area contributed by atoms with E-state index in [9.17, 15) is 57.1 Å². The van der Waals surface area contributed by atoms with Crippen LogP contribution in [0.3, 0.4) is 0 Å². The summed E-state index contributed by atoms with van der Waals surface area (Å²) >= 11 is 0. The van der Waals surface area contributed by atoms with Crippen LogP contribution in [0.4, 0.5) is 57.1 Å². The van der Waals surface area contributed by atoms with E-state index in [1.807, 2.05) is 46.8 Å².